The lowest BCUT2D eigenvalue weighted by atomic mass is 10.0. The summed E-state index contributed by atoms with van der Waals surface area (Å²) in [4.78, 5) is 32.6. The minimum absolute atomic E-state index is 0.0771. The third-order valence-electron chi connectivity index (χ3n) is 7.28. The fraction of sp³-hybridized carbons (Fsp3) is 0.367. The van der Waals surface area contributed by atoms with E-state index in [1.165, 1.54) is 24.4 Å². The molecule has 40 heavy (non-hydrogen) atoms. The van der Waals surface area contributed by atoms with Crippen molar-refractivity contribution in [3.63, 3.8) is 0 Å². The van der Waals surface area contributed by atoms with Crippen molar-refractivity contribution < 1.29 is 22.8 Å². The van der Waals surface area contributed by atoms with Crippen LogP contribution in [0.25, 0.3) is 21.9 Å². The summed E-state index contributed by atoms with van der Waals surface area (Å²) in [6.45, 7) is 2.09. The summed E-state index contributed by atoms with van der Waals surface area (Å²) < 4.78 is 36.1. The number of pyridine rings is 2. The molecule has 0 unspecified atom stereocenters. The molecular formula is C30H34F2N5O3+. The van der Waals surface area contributed by atoms with Gasteiger partial charge in [0.25, 0.3) is 0 Å². The zero-order chi connectivity index (χ0) is 28.6. The number of piperidine rings is 1. The van der Waals surface area contributed by atoms with Gasteiger partial charge in [0.1, 0.15) is 36.0 Å². The molecule has 1 N–H and O–H groups in total. The molecule has 0 aliphatic carbocycles. The molecule has 0 bridgehead atoms. The zero-order valence-electron chi connectivity index (χ0n) is 23.2. The van der Waals surface area contributed by atoms with Gasteiger partial charge in [0.05, 0.1) is 37.7 Å². The maximum Gasteiger partial charge on any atom is 0.343 e. The van der Waals surface area contributed by atoms with Crippen LogP contribution < -0.4 is 15.6 Å². The largest absolute Gasteiger partial charge is 0.456 e. The SMILES string of the molecule is Cn1cc(C(=O)OCC[N+](C)(C)C)c(=O)c2cc3cc(F)c(N4CCC(Nc5ccc(F)cc5)CC4)cc3nc21. The number of fused-ring (bicyclic) bond motifs is 2. The number of carbonyl (C=O) groups is 1. The Kier molecular flexibility index (Phi) is 7.46. The fourth-order valence-electron chi connectivity index (χ4n) is 4.99. The number of likely N-dealkylation sites (N-methyl/N-ethyl adjacent to an activating group) is 1. The van der Waals surface area contributed by atoms with Crippen molar-refractivity contribution in [2.75, 3.05) is 57.6 Å². The number of carbonyl (C=O) groups excluding carboxylic acids is 1. The van der Waals surface area contributed by atoms with E-state index in [9.17, 15) is 14.0 Å². The molecular weight excluding hydrogens is 516 g/mol. The van der Waals surface area contributed by atoms with Crippen molar-refractivity contribution in [3.8, 4) is 0 Å². The van der Waals surface area contributed by atoms with Crippen LogP contribution in [0, 0.1) is 11.6 Å². The molecule has 2 aromatic carbocycles. The first-order chi connectivity index (χ1) is 19.0. The average Bonchev–Trinajstić information content (AvgIpc) is 2.90. The highest BCUT2D eigenvalue weighted by molar-refractivity contribution is 5.97. The number of ether oxygens (including phenoxy) is 1. The summed E-state index contributed by atoms with van der Waals surface area (Å²) in [5.74, 6) is -1.36. The molecule has 1 aliphatic rings. The van der Waals surface area contributed by atoms with Crippen molar-refractivity contribution in [2.45, 2.75) is 18.9 Å². The van der Waals surface area contributed by atoms with Crippen LogP contribution >= 0.6 is 0 Å². The average molecular weight is 551 g/mol. The maximum atomic E-state index is 15.3. The van der Waals surface area contributed by atoms with Gasteiger partial charge in [-0.3, -0.25) is 4.79 Å². The van der Waals surface area contributed by atoms with Gasteiger partial charge in [-0.2, -0.15) is 0 Å². The van der Waals surface area contributed by atoms with E-state index in [0.717, 1.165) is 18.5 Å². The number of nitrogens with one attached hydrogen (secondary N) is 1. The van der Waals surface area contributed by atoms with Gasteiger partial charge in [-0.15, -0.1) is 0 Å². The van der Waals surface area contributed by atoms with E-state index in [-0.39, 0.29) is 29.4 Å². The Morgan fingerprint density at radius 3 is 2.48 bits per heavy atom. The Bertz CT molecular complexity index is 1620. The first kappa shape index (κ1) is 27.5. The Morgan fingerprint density at radius 1 is 1.10 bits per heavy atom. The van der Waals surface area contributed by atoms with E-state index in [2.05, 4.69) is 10.3 Å². The minimum Gasteiger partial charge on any atom is -0.456 e. The number of aromatic nitrogens is 2. The highest BCUT2D eigenvalue weighted by Crippen LogP contribution is 2.29. The molecule has 2 aromatic heterocycles. The quantitative estimate of drug-likeness (QED) is 0.210. The van der Waals surface area contributed by atoms with Crippen LogP contribution in [-0.4, -0.2) is 73.4 Å². The summed E-state index contributed by atoms with van der Waals surface area (Å²) >= 11 is 0. The lowest BCUT2D eigenvalue weighted by Crippen LogP contribution is -2.39. The predicted octanol–water partition coefficient (Wildman–Crippen LogP) is 4.31. The molecule has 210 valence electrons. The van der Waals surface area contributed by atoms with E-state index in [4.69, 9.17) is 4.74 Å². The smallest absolute Gasteiger partial charge is 0.343 e. The fourth-order valence-corrected chi connectivity index (χ4v) is 4.99. The van der Waals surface area contributed by atoms with Crippen molar-refractivity contribution in [2.24, 2.45) is 7.05 Å². The Hall–Kier alpha value is -4.05. The number of halogens is 2. The first-order valence-electron chi connectivity index (χ1n) is 13.4. The highest BCUT2D eigenvalue weighted by atomic mass is 19.1. The Labute approximate surface area is 231 Å². The first-order valence-corrected chi connectivity index (χ1v) is 13.4. The van der Waals surface area contributed by atoms with Crippen LogP contribution in [-0.2, 0) is 11.8 Å². The predicted molar refractivity (Wildman–Crippen MR) is 153 cm³/mol. The van der Waals surface area contributed by atoms with Crippen LogP contribution in [0.1, 0.15) is 23.2 Å². The lowest BCUT2D eigenvalue weighted by Gasteiger charge is -2.34. The van der Waals surface area contributed by atoms with Gasteiger partial charge in [-0.1, -0.05) is 0 Å². The third kappa shape index (κ3) is 5.91. The number of hydrogen-bond donors (Lipinski definition) is 1. The van der Waals surface area contributed by atoms with Crippen molar-refractivity contribution >= 4 is 39.3 Å². The molecule has 4 aromatic rings. The molecule has 0 spiro atoms. The summed E-state index contributed by atoms with van der Waals surface area (Å²) in [7, 11) is 7.67. The molecule has 0 radical (unpaired) electrons. The number of anilines is 2. The molecule has 5 rings (SSSR count). The highest BCUT2D eigenvalue weighted by Gasteiger charge is 2.23. The molecule has 1 aliphatic heterocycles. The molecule has 0 atom stereocenters. The lowest BCUT2D eigenvalue weighted by molar-refractivity contribution is -0.870. The number of rotatable bonds is 7. The van der Waals surface area contributed by atoms with Crippen LogP contribution in [0.4, 0.5) is 20.2 Å². The number of hydrogen-bond acceptors (Lipinski definition) is 6. The number of esters is 1. The summed E-state index contributed by atoms with van der Waals surface area (Å²) in [6.07, 6.45) is 3.03. The van der Waals surface area contributed by atoms with E-state index >= 15 is 4.39 Å². The van der Waals surface area contributed by atoms with Gasteiger partial charge >= 0.3 is 5.97 Å². The second kappa shape index (κ2) is 10.8. The minimum atomic E-state index is -0.685. The van der Waals surface area contributed by atoms with E-state index in [0.29, 0.717) is 46.4 Å². The molecule has 1 fully saturated rings. The Balaban J connectivity index is 1.37. The van der Waals surface area contributed by atoms with Crippen LogP contribution in [0.3, 0.4) is 0 Å². The molecule has 8 nitrogen and oxygen atoms in total. The van der Waals surface area contributed by atoms with Crippen LogP contribution in [0.15, 0.2) is 53.5 Å². The normalized spacial score (nSPS) is 14.6. The number of benzene rings is 2. The monoisotopic (exact) mass is 550 g/mol. The Morgan fingerprint density at radius 2 is 1.80 bits per heavy atom. The zero-order valence-corrected chi connectivity index (χ0v) is 23.2. The molecule has 0 amide bonds. The third-order valence-corrected chi connectivity index (χ3v) is 7.28. The second-order valence-corrected chi connectivity index (χ2v) is 11.4. The van der Waals surface area contributed by atoms with Gasteiger partial charge in [-0.05, 0) is 55.3 Å². The van der Waals surface area contributed by atoms with E-state index in [1.54, 1.807) is 35.9 Å². The summed E-state index contributed by atoms with van der Waals surface area (Å²) in [5, 5.41) is 4.13. The number of aryl methyl sites for hydroxylation is 1. The van der Waals surface area contributed by atoms with Gasteiger partial charge in [0.15, 0.2) is 0 Å². The van der Waals surface area contributed by atoms with Crippen LogP contribution in [0.5, 0.6) is 0 Å². The van der Waals surface area contributed by atoms with E-state index < -0.39 is 17.2 Å². The van der Waals surface area contributed by atoms with Gasteiger partial charge in [-0.25, -0.2) is 18.6 Å². The van der Waals surface area contributed by atoms with Crippen molar-refractivity contribution in [1.82, 2.24) is 9.55 Å². The summed E-state index contributed by atoms with van der Waals surface area (Å²) in [6, 6.07) is 11.2. The molecule has 0 saturated carbocycles. The number of nitrogens with zero attached hydrogens (tertiary/aromatic N) is 4. The van der Waals surface area contributed by atoms with Gasteiger partial charge in [0.2, 0.25) is 5.43 Å². The maximum absolute atomic E-state index is 15.3. The second-order valence-electron chi connectivity index (χ2n) is 11.4. The van der Waals surface area contributed by atoms with E-state index in [1.807, 2.05) is 26.0 Å². The van der Waals surface area contributed by atoms with Crippen molar-refractivity contribution in [1.29, 1.82) is 0 Å². The van der Waals surface area contributed by atoms with Gasteiger partial charge in [0, 0.05) is 43.4 Å². The number of quaternary nitrogens is 1. The topological polar surface area (TPSA) is 76.5 Å². The molecule has 3 heterocycles. The van der Waals surface area contributed by atoms with Gasteiger partial charge < -0.3 is 24.0 Å². The van der Waals surface area contributed by atoms with Crippen molar-refractivity contribution in [3.05, 3.63) is 76.1 Å². The van der Waals surface area contributed by atoms with Crippen LogP contribution in [0.2, 0.25) is 0 Å². The molecule has 1 saturated heterocycles. The summed E-state index contributed by atoms with van der Waals surface area (Å²) in [5.41, 5.74) is 1.72. The molecule has 10 heteroatoms. The standard InChI is InChI=1S/C30H34F2N5O3/c1-35-18-24(30(39)40-14-13-37(2,3)4)28(38)23-15-19-16-25(32)27(17-26(19)34-29(23)35)36-11-9-22(10-12-36)33-21-7-5-20(31)6-8-21/h5-8,15-18,22,33H,9-14H2,1-4H3/q+1.